The van der Waals surface area contributed by atoms with E-state index < -0.39 is 0 Å². The maximum Gasteiger partial charge on any atom is 0.224 e. The molecule has 1 aliphatic heterocycles. The van der Waals surface area contributed by atoms with Gasteiger partial charge in [-0.25, -0.2) is 0 Å². The summed E-state index contributed by atoms with van der Waals surface area (Å²) in [5, 5.41) is 5.29. The first-order valence-electron chi connectivity index (χ1n) is 9.98. The number of amides is 1. The van der Waals surface area contributed by atoms with Crippen LogP contribution in [0.4, 0.5) is 0 Å². The van der Waals surface area contributed by atoms with Crippen LogP contribution < -0.4 is 5.32 Å². The second kappa shape index (κ2) is 9.18. The van der Waals surface area contributed by atoms with E-state index in [1.807, 2.05) is 18.2 Å². The van der Waals surface area contributed by atoms with E-state index in [9.17, 15) is 4.79 Å². The van der Waals surface area contributed by atoms with Gasteiger partial charge in [-0.05, 0) is 54.1 Å². The van der Waals surface area contributed by atoms with Crippen molar-refractivity contribution >= 4 is 17.2 Å². The number of carbonyl (C=O) groups is 1. The Hall–Kier alpha value is -2.43. The number of likely N-dealkylation sites (tertiary alicyclic amines) is 1. The van der Waals surface area contributed by atoms with Gasteiger partial charge in [0, 0.05) is 11.4 Å². The van der Waals surface area contributed by atoms with Crippen LogP contribution in [0.25, 0.3) is 11.1 Å². The van der Waals surface area contributed by atoms with Gasteiger partial charge in [0.25, 0.3) is 0 Å². The maximum atomic E-state index is 12.5. The van der Waals surface area contributed by atoms with Crippen molar-refractivity contribution in [2.45, 2.75) is 25.3 Å². The summed E-state index contributed by atoms with van der Waals surface area (Å²) in [4.78, 5) is 16.4. The fourth-order valence-corrected chi connectivity index (χ4v) is 4.71. The molecule has 144 valence electrons. The minimum Gasteiger partial charge on any atom is -0.354 e. The summed E-state index contributed by atoms with van der Waals surface area (Å²) in [5.74, 6) is 0.0909. The van der Waals surface area contributed by atoms with Gasteiger partial charge < -0.3 is 5.32 Å². The van der Waals surface area contributed by atoms with Crippen LogP contribution in [-0.4, -0.2) is 30.4 Å². The number of thiophene rings is 1. The maximum absolute atomic E-state index is 12.5. The number of nitrogens with one attached hydrogen (secondary N) is 1. The standard InChI is InChI=1S/C24H26N2OS/c27-24(17-19-10-12-21(13-11-19)20-7-2-1-3-8-20)25-18-22(23-9-6-16-28-23)26-14-4-5-15-26/h1-3,6-13,16,22H,4-5,14-15,17-18H2,(H,25,27). The van der Waals surface area contributed by atoms with Crippen LogP contribution in [0.15, 0.2) is 72.1 Å². The Kier molecular flexibility index (Phi) is 6.20. The highest BCUT2D eigenvalue weighted by atomic mass is 32.1. The van der Waals surface area contributed by atoms with Gasteiger partial charge in [0.2, 0.25) is 5.91 Å². The molecule has 4 heteroatoms. The SMILES string of the molecule is O=C(Cc1ccc(-c2ccccc2)cc1)NCC(c1cccs1)N1CCCC1. The quantitative estimate of drug-likeness (QED) is 0.622. The van der Waals surface area contributed by atoms with E-state index >= 15 is 0 Å². The summed E-state index contributed by atoms with van der Waals surface area (Å²) in [5.41, 5.74) is 3.42. The van der Waals surface area contributed by atoms with Crippen LogP contribution in [0.1, 0.15) is 29.3 Å². The van der Waals surface area contributed by atoms with Gasteiger partial charge in [0.15, 0.2) is 0 Å². The summed E-state index contributed by atoms with van der Waals surface area (Å²) in [7, 11) is 0. The van der Waals surface area contributed by atoms with Crippen molar-refractivity contribution in [3.63, 3.8) is 0 Å². The normalized spacial score (nSPS) is 15.4. The Balaban J connectivity index is 1.34. The third-order valence-electron chi connectivity index (χ3n) is 5.37. The van der Waals surface area contributed by atoms with E-state index in [2.05, 4.69) is 64.1 Å². The third kappa shape index (κ3) is 4.70. The van der Waals surface area contributed by atoms with Gasteiger partial charge in [0.1, 0.15) is 0 Å². The number of hydrogen-bond acceptors (Lipinski definition) is 3. The van der Waals surface area contributed by atoms with Crippen LogP contribution in [0.5, 0.6) is 0 Å². The topological polar surface area (TPSA) is 32.3 Å². The molecule has 1 atom stereocenters. The third-order valence-corrected chi connectivity index (χ3v) is 6.34. The average Bonchev–Trinajstić information content (AvgIpc) is 3.44. The van der Waals surface area contributed by atoms with Crippen molar-refractivity contribution in [3.05, 3.63) is 82.6 Å². The fourth-order valence-electron chi connectivity index (χ4n) is 3.85. The van der Waals surface area contributed by atoms with Crippen molar-refractivity contribution in [2.75, 3.05) is 19.6 Å². The molecule has 4 rings (SSSR count). The Morgan fingerprint density at radius 3 is 2.32 bits per heavy atom. The molecular formula is C24H26N2OS. The van der Waals surface area contributed by atoms with E-state index in [1.54, 1.807) is 11.3 Å². The zero-order valence-electron chi connectivity index (χ0n) is 16.0. The summed E-state index contributed by atoms with van der Waals surface area (Å²) >= 11 is 1.78. The Labute approximate surface area is 171 Å². The van der Waals surface area contributed by atoms with Crippen LogP contribution in [-0.2, 0) is 11.2 Å². The molecule has 1 aromatic heterocycles. The highest BCUT2D eigenvalue weighted by molar-refractivity contribution is 7.10. The number of nitrogens with zero attached hydrogens (tertiary/aromatic N) is 1. The molecule has 1 fully saturated rings. The Bertz CT molecular complexity index is 869. The predicted molar refractivity (Wildman–Crippen MR) is 116 cm³/mol. The zero-order valence-corrected chi connectivity index (χ0v) is 16.8. The largest absolute Gasteiger partial charge is 0.354 e. The zero-order chi connectivity index (χ0) is 19.2. The van der Waals surface area contributed by atoms with Crippen molar-refractivity contribution in [3.8, 4) is 11.1 Å². The lowest BCUT2D eigenvalue weighted by Crippen LogP contribution is -2.37. The molecule has 1 saturated heterocycles. The van der Waals surface area contributed by atoms with Crippen LogP contribution in [0.3, 0.4) is 0 Å². The van der Waals surface area contributed by atoms with Gasteiger partial charge in [-0.2, -0.15) is 0 Å². The monoisotopic (exact) mass is 390 g/mol. The molecule has 28 heavy (non-hydrogen) atoms. The first-order chi connectivity index (χ1) is 13.8. The molecule has 2 aromatic carbocycles. The van der Waals surface area contributed by atoms with Gasteiger partial charge in [-0.15, -0.1) is 11.3 Å². The van der Waals surface area contributed by atoms with Crippen LogP contribution in [0, 0.1) is 0 Å². The highest BCUT2D eigenvalue weighted by Crippen LogP contribution is 2.28. The molecule has 1 N–H and O–H groups in total. The van der Waals surface area contributed by atoms with Crippen molar-refractivity contribution in [1.29, 1.82) is 0 Å². The molecule has 3 nitrogen and oxygen atoms in total. The van der Waals surface area contributed by atoms with Crippen molar-refractivity contribution in [1.82, 2.24) is 10.2 Å². The molecule has 0 saturated carbocycles. The number of carbonyl (C=O) groups excluding carboxylic acids is 1. The summed E-state index contributed by atoms with van der Waals surface area (Å²) in [6, 6.07) is 23.2. The van der Waals surface area contributed by atoms with E-state index in [-0.39, 0.29) is 5.91 Å². The average molecular weight is 391 g/mol. The Morgan fingerprint density at radius 1 is 0.929 bits per heavy atom. The van der Waals surface area contributed by atoms with Gasteiger partial charge in [0.05, 0.1) is 12.5 Å². The second-order valence-electron chi connectivity index (χ2n) is 7.32. The minimum atomic E-state index is 0.0909. The van der Waals surface area contributed by atoms with Crippen molar-refractivity contribution in [2.24, 2.45) is 0 Å². The molecule has 0 bridgehead atoms. The molecule has 1 aliphatic rings. The summed E-state index contributed by atoms with van der Waals surface area (Å²) in [6.07, 6.45) is 2.93. The molecule has 0 radical (unpaired) electrons. The predicted octanol–water partition coefficient (Wildman–Crippen LogP) is 4.91. The lowest BCUT2D eigenvalue weighted by atomic mass is 10.0. The lowest BCUT2D eigenvalue weighted by Gasteiger charge is -2.27. The molecule has 1 amide bonds. The first kappa shape index (κ1) is 18.9. The molecule has 1 unspecified atom stereocenters. The molecule has 0 spiro atoms. The number of benzene rings is 2. The first-order valence-corrected chi connectivity index (χ1v) is 10.9. The second-order valence-corrected chi connectivity index (χ2v) is 8.30. The smallest absolute Gasteiger partial charge is 0.224 e. The van der Waals surface area contributed by atoms with Gasteiger partial charge in [-0.3, -0.25) is 9.69 Å². The van der Waals surface area contributed by atoms with E-state index in [0.29, 0.717) is 19.0 Å². The lowest BCUT2D eigenvalue weighted by molar-refractivity contribution is -0.120. The van der Waals surface area contributed by atoms with Gasteiger partial charge >= 0.3 is 0 Å². The minimum absolute atomic E-state index is 0.0909. The van der Waals surface area contributed by atoms with Crippen molar-refractivity contribution < 1.29 is 4.79 Å². The molecule has 3 aromatic rings. The van der Waals surface area contributed by atoms with E-state index in [4.69, 9.17) is 0 Å². The molecule has 2 heterocycles. The summed E-state index contributed by atoms with van der Waals surface area (Å²) in [6.45, 7) is 2.93. The van der Waals surface area contributed by atoms with Gasteiger partial charge in [-0.1, -0.05) is 60.7 Å². The van der Waals surface area contributed by atoms with E-state index in [1.165, 1.54) is 28.8 Å². The number of rotatable bonds is 7. The fraction of sp³-hybridized carbons (Fsp3) is 0.292. The highest BCUT2D eigenvalue weighted by Gasteiger charge is 2.24. The van der Waals surface area contributed by atoms with Crippen LogP contribution >= 0.6 is 11.3 Å². The molecular weight excluding hydrogens is 364 g/mol. The summed E-state index contributed by atoms with van der Waals surface area (Å²) < 4.78 is 0. The Morgan fingerprint density at radius 2 is 1.64 bits per heavy atom. The molecule has 0 aliphatic carbocycles. The number of hydrogen-bond donors (Lipinski definition) is 1. The van der Waals surface area contributed by atoms with Crippen LogP contribution in [0.2, 0.25) is 0 Å². The van der Waals surface area contributed by atoms with E-state index in [0.717, 1.165) is 18.7 Å².